The summed E-state index contributed by atoms with van der Waals surface area (Å²) in [6.45, 7) is 4.01. The van der Waals surface area contributed by atoms with Crippen LogP contribution in [0.4, 0.5) is 5.69 Å². The molecule has 7 heteroatoms. The third-order valence-electron chi connectivity index (χ3n) is 6.83. The number of hydrogen-bond acceptors (Lipinski definition) is 6. The van der Waals surface area contributed by atoms with Gasteiger partial charge in [-0.25, -0.2) is 0 Å². The van der Waals surface area contributed by atoms with E-state index in [-0.39, 0.29) is 29.8 Å². The van der Waals surface area contributed by atoms with Crippen molar-refractivity contribution in [2.24, 2.45) is 16.8 Å². The van der Waals surface area contributed by atoms with E-state index in [2.05, 4.69) is 6.92 Å². The van der Waals surface area contributed by atoms with Crippen molar-refractivity contribution in [1.82, 2.24) is 0 Å². The molecule has 6 rings (SSSR count). The number of anilines is 1. The summed E-state index contributed by atoms with van der Waals surface area (Å²) in [6, 6.07) is 7.61. The van der Waals surface area contributed by atoms with Crippen molar-refractivity contribution in [3.8, 4) is 0 Å². The van der Waals surface area contributed by atoms with Crippen LogP contribution in [0, 0.1) is 11.8 Å². The Labute approximate surface area is 163 Å². The number of amides is 1. The number of rotatable bonds is 3. The molecule has 1 spiro atoms. The predicted molar refractivity (Wildman–Crippen MR) is 101 cm³/mol. The Bertz CT molecular complexity index is 883. The smallest absolute Gasteiger partial charge is 0.303 e. The normalized spacial score (nSPS) is 37.8. The Kier molecular flexibility index (Phi) is 3.90. The molecule has 0 radical (unpaired) electrons. The first-order chi connectivity index (χ1) is 13.5. The van der Waals surface area contributed by atoms with E-state index in [1.807, 2.05) is 24.3 Å². The fourth-order valence-electron chi connectivity index (χ4n) is 5.83. The highest BCUT2D eigenvalue weighted by atomic mass is 16.7. The van der Waals surface area contributed by atoms with Gasteiger partial charge in [0.15, 0.2) is 0 Å². The molecule has 6 atom stereocenters. The van der Waals surface area contributed by atoms with Gasteiger partial charge in [0.25, 0.3) is 5.91 Å². The van der Waals surface area contributed by atoms with Crippen LogP contribution >= 0.6 is 0 Å². The summed E-state index contributed by atoms with van der Waals surface area (Å²) in [4.78, 5) is 36.1. The molecule has 0 N–H and O–H groups in total. The quantitative estimate of drug-likeness (QED) is 0.746. The fourth-order valence-corrected chi connectivity index (χ4v) is 5.83. The molecule has 1 aromatic rings. The van der Waals surface area contributed by atoms with Crippen LogP contribution in [0.5, 0.6) is 0 Å². The zero-order valence-corrected chi connectivity index (χ0v) is 16.3. The zero-order chi connectivity index (χ0) is 19.6. The van der Waals surface area contributed by atoms with Crippen molar-refractivity contribution in [2.75, 3.05) is 18.8 Å². The molecule has 4 heterocycles. The Morgan fingerprint density at radius 1 is 1.39 bits per heavy atom. The lowest BCUT2D eigenvalue weighted by molar-refractivity contribution is -0.179. The zero-order valence-electron chi connectivity index (χ0n) is 16.3. The number of hydroxylamine groups is 1. The van der Waals surface area contributed by atoms with Crippen molar-refractivity contribution in [1.29, 1.82) is 0 Å². The Hall–Kier alpha value is -2.25. The molecule has 1 aromatic carbocycles. The molecular formula is C21H24N2O5. The van der Waals surface area contributed by atoms with Crippen molar-refractivity contribution in [2.45, 2.75) is 50.4 Å². The van der Waals surface area contributed by atoms with Crippen LogP contribution in [0.3, 0.4) is 0 Å². The summed E-state index contributed by atoms with van der Waals surface area (Å²) in [5.74, 6) is -0.391. The lowest BCUT2D eigenvalue weighted by Crippen LogP contribution is -2.59. The number of para-hydroxylation sites is 1. The molecule has 28 heavy (non-hydrogen) atoms. The van der Waals surface area contributed by atoms with E-state index in [0.717, 1.165) is 23.4 Å². The van der Waals surface area contributed by atoms with Gasteiger partial charge in [0.2, 0.25) is 0 Å². The van der Waals surface area contributed by atoms with Crippen molar-refractivity contribution < 1.29 is 23.9 Å². The van der Waals surface area contributed by atoms with Gasteiger partial charge >= 0.3 is 5.97 Å². The molecule has 5 aliphatic rings. The average molecular weight is 384 g/mol. The van der Waals surface area contributed by atoms with Crippen LogP contribution in [0.25, 0.3) is 0 Å². The highest BCUT2D eigenvalue weighted by molar-refractivity contribution is 6.08. The average Bonchev–Trinajstić information content (AvgIpc) is 3.05. The maximum atomic E-state index is 13.7. The van der Waals surface area contributed by atoms with Crippen LogP contribution in [0.1, 0.15) is 32.3 Å². The fraction of sp³-hybridized carbons (Fsp3) is 0.571. The van der Waals surface area contributed by atoms with Gasteiger partial charge in [-0.1, -0.05) is 25.1 Å². The monoisotopic (exact) mass is 384 g/mol. The molecule has 7 nitrogen and oxygen atoms in total. The minimum absolute atomic E-state index is 0.00795. The number of ether oxygens (including phenoxy) is 2. The first-order valence-corrected chi connectivity index (χ1v) is 9.86. The summed E-state index contributed by atoms with van der Waals surface area (Å²) in [6.07, 6.45) is 0.254. The molecule has 4 aliphatic heterocycles. The SMILES string of the molecule is CCC1=N[C@H]2C[C@@]3(C(=O)N(OC)c4ccccc43)[C@H]3OC[C@@H]2[C@H]1[C@H]3OC(C)=O. The summed E-state index contributed by atoms with van der Waals surface area (Å²) >= 11 is 0. The van der Waals surface area contributed by atoms with Gasteiger partial charge in [-0.3, -0.25) is 19.4 Å². The molecule has 0 unspecified atom stereocenters. The van der Waals surface area contributed by atoms with E-state index in [9.17, 15) is 9.59 Å². The Balaban J connectivity index is 1.73. The maximum Gasteiger partial charge on any atom is 0.303 e. The highest BCUT2D eigenvalue weighted by Gasteiger charge is 2.68. The Morgan fingerprint density at radius 2 is 2.18 bits per heavy atom. The summed E-state index contributed by atoms with van der Waals surface area (Å²) in [5, 5.41) is 1.35. The van der Waals surface area contributed by atoms with E-state index >= 15 is 0 Å². The summed E-state index contributed by atoms with van der Waals surface area (Å²) in [7, 11) is 1.49. The van der Waals surface area contributed by atoms with Crippen LogP contribution in [0.15, 0.2) is 29.3 Å². The summed E-state index contributed by atoms with van der Waals surface area (Å²) in [5.41, 5.74) is 1.70. The van der Waals surface area contributed by atoms with Gasteiger partial charge in [-0.2, -0.15) is 5.06 Å². The van der Waals surface area contributed by atoms with Crippen molar-refractivity contribution >= 4 is 23.3 Å². The number of carbonyl (C=O) groups is 2. The molecule has 1 amide bonds. The van der Waals surface area contributed by atoms with E-state index in [4.69, 9.17) is 19.3 Å². The first kappa shape index (κ1) is 17.8. The van der Waals surface area contributed by atoms with E-state index in [0.29, 0.717) is 13.0 Å². The molecule has 4 bridgehead atoms. The third kappa shape index (κ3) is 2.09. The number of benzene rings is 1. The van der Waals surface area contributed by atoms with Gasteiger partial charge in [-0.15, -0.1) is 0 Å². The van der Waals surface area contributed by atoms with E-state index in [1.54, 1.807) is 0 Å². The first-order valence-electron chi connectivity index (χ1n) is 9.86. The van der Waals surface area contributed by atoms with E-state index in [1.165, 1.54) is 19.1 Å². The van der Waals surface area contributed by atoms with Gasteiger partial charge < -0.3 is 9.47 Å². The minimum Gasteiger partial charge on any atom is -0.459 e. The summed E-state index contributed by atoms with van der Waals surface area (Å²) < 4.78 is 12.1. The molecule has 2 saturated heterocycles. The molecular weight excluding hydrogens is 360 g/mol. The lowest BCUT2D eigenvalue weighted by Gasteiger charge is -2.43. The van der Waals surface area contributed by atoms with Crippen molar-refractivity contribution in [3.63, 3.8) is 0 Å². The topological polar surface area (TPSA) is 77.4 Å². The Morgan fingerprint density at radius 3 is 2.89 bits per heavy atom. The predicted octanol–water partition coefficient (Wildman–Crippen LogP) is 2.03. The second-order valence-electron chi connectivity index (χ2n) is 8.03. The van der Waals surface area contributed by atoms with Gasteiger partial charge in [0, 0.05) is 24.5 Å². The molecule has 1 aliphatic carbocycles. The molecule has 3 fully saturated rings. The van der Waals surface area contributed by atoms with Crippen LogP contribution in [-0.4, -0.2) is 49.6 Å². The number of aliphatic imine (C=N–C) groups is 1. The molecule has 0 aromatic heterocycles. The van der Waals surface area contributed by atoms with Gasteiger partial charge in [0.05, 0.1) is 25.4 Å². The van der Waals surface area contributed by atoms with Crippen molar-refractivity contribution in [3.05, 3.63) is 29.8 Å². The van der Waals surface area contributed by atoms with Gasteiger partial charge in [0.1, 0.15) is 17.6 Å². The highest BCUT2D eigenvalue weighted by Crippen LogP contribution is 2.57. The van der Waals surface area contributed by atoms with Crippen LogP contribution in [-0.2, 0) is 29.3 Å². The number of fused-ring (bicyclic) bond motifs is 2. The largest absolute Gasteiger partial charge is 0.459 e. The number of esters is 1. The molecule has 1 saturated carbocycles. The minimum atomic E-state index is -0.969. The maximum absolute atomic E-state index is 13.7. The molecule has 148 valence electrons. The third-order valence-corrected chi connectivity index (χ3v) is 6.83. The second kappa shape index (κ2) is 6.12. The van der Waals surface area contributed by atoms with Crippen LogP contribution < -0.4 is 5.06 Å². The number of nitrogens with zero attached hydrogens (tertiary/aromatic N) is 2. The van der Waals surface area contributed by atoms with Gasteiger partial charge in [-0.05, 0) is 24.5 Å². The van der Waals surface area contributed by atoms with E-state index < -0.39 is 17.6 Å². The van der Waals surface area contributed by atoms with Crippen LogP contribution in [0.2, 0.25) is 0 Å². The standard InChI is InChI=1S/C21H24N2O5/c1-4-14-17-12-10-27-19(18(17)28-11(2)24)21(9-15(12)22-14)13-7-5-6-8-16(13)23(26-3)20(21)25/h5-8,12,15,17-19H,4,9-10H2,1-3H3/t12-,15-,17+,18+,19-,21-/m0/s1. The number of carbonyl (C=O) groups excluding carboxylic acids is 2. The number of hydrogen-bond donors (Lipinski definition) is 0. The second-order valence-corrected chi connectivity index (χ2v) is 8.03. The lowest BCUT2D eigenvalue weighted by atomic mass is 9.70.